The number of carboxylic acid groups (broad SMARTS) is 1. The fourth-order valence-electron chi connectivity index (χ4n) is 1.70. The van der Waals surface area contributed by atoms with Gasteiger partial charge in [0.15, 0.2) is 0 Å². The van der Waals surface area contributed by atoms with Gasteiger partial charge in [0.1, 0.15) is 0 Å². The summed E-state index contributed by atoms with van der Waals surface area (Å²) in [6.45, 7) is 1.92. The Balaban J connectivity index is 2.48. The van der Waals surface area contributed by atoms with E-state index in [9.17, 15) is 4.79 Å². The molecule has 0 aliphatic carbocycles. The second-order valence-corrected chi connectivity index (χ2v) is 3.60. The zero-order chi connectivity index (χ0) is 11.5. The van der Waals surface area contributed by atoms with E-state index in [2.05, 4.69) is 9.97 Å². The molecule has 4 nitrogen and oxygen atoms in total. The number of benzene rings is 1. The van der Waals surface area contributed by atoms with Crippen LogP contribution in [0.5, 0.6) is 0 Å². The highest BCUT2D eigenvalue weighted by Crippen LogP contribution is 2.24. The van der Waals surface area contributed by atoms with Crippen LogP contribution in [0, 0.1) is 6.92 Å². The number of aromatic nitrogens is 2. The third-order valence-electron chi connectivity index (χ3n) is 2.44. The molecule has 0 aliphatic rings. The van der Waals surface area contributed by atoms with Crippen LogP contribution in [0.1, 0.15) is 11.3 Å². The fraction of sp³-hybridized carbons (Fsp3) is 0.167. The maximum absolute atomic E-state index is 10.7. The van der Waals surface area contributed by atoms with Gasteiger partial charge in [-0.15, -0.1) is 0 Å². The van der Waals surface area contributed by atoms with Gasteiger partial charge in [0.2, 0.25) is 0 Å². The maximum Gasteiger partial charge on any atom is 0.307 e. The third-order valence-corrected chi connectivity index (χ3v) is 2.44. The van der Waals surface area contributed by atoms with Gasteiger partial charge in [-0.2, -0.15) is 0 Å². The van der Waals surface area contributed by atoms with Crippen LogP contribution in [0.3, 0.4) is 0 Å². The Bertz CT molecular complexity index is 517. The Morgan fingerprint density at radius 2 is 2.19 bits per heavy atom. The first-order valence-electron chi connectivity index (χ1n) is 4.98. The van der Waals surface area contributed by atoms with Gasteiger partial charge in [-0.1, -0.05) is 24.3 Å². The molecule has 0 saturated heterocycles. The molecule has 2 rings (SSSR count). The van der Waals surface area contributed by atoms with E-state index in [-0.39, 0.29) is 6.42 Å². The average Bonchev–Trinajstić information content (AvgIpc) is 2.64. The van der Waals surface area contributed by atoms with Crippen molar-refractivity contribution in [1.29, 1.82) is 0 Å². The maximum atomic E-state index is 10.7. The Morgan fingerprint density at radius 3 is 2.81 bits per heavy atom. The molecular weight excluding hydrogens is 204 g/mol. The Kier molecular flexibility index (Phi) is 2.72. The summed E-state index contributed by atoms with van der Waals surface area (Å²) in [6, 6.07) is 7.43. The van der Waals surface area contributed by atoms with Gasteiger partial charge in [0.25, 0.3) is 0 Å². The highest BCUT2D eigenvalue weighted by atomic mass is 16.4. The molecule has 0 fully saturated rings. The molecule has 0 spiro atoms. The quantitative estimate of drug-likeness (QED) is 0.824. The van der Waals surface area contributed by atoms with E-state index in [0.717, 1.165) is 22.5 Å². The number of carbonyl (C=O) groups is 1. The normalized spacial score (nSPS) is 10.3. The van der Waals surface area contributed by atoms with Crippen molar-refractivity contribution < 1.29 is 9.90 Å². The molecular formula is C12H12N2O2. The number of aryl methyl sites for hydroxylation is 1. The van der Waals surface area contributed by atoms with Crippen LogP contribution in [0.2, 0.25) is 0 Å². The molecule has 2 N–H and O–H groups in total. The minimum absolute atomic E-state index is 0.0163. The zero-order valence-corrected chi connectivity index (χ0v) is 8.90. The van der Waals surface area contributed by atoms with Crippen LogP contribution in [0.25, 0.3) is 11.3 Å². The highest BCUT2D eigenvalue weighted by Gasteiger charge is 2.11. The topological polar surface area (TPSA) is 66.0 Å². The van der Waals surface area contributed by atoms with Gasteiger partial charge in [0.05, 0.1) is 18.4 Å². The number of hydrogen-bond acceptors (Lipinski definition) is 2. The molecule has 0 radical (unpaired) electrons. The third kappa shape index (κ3) is 1.95. The Labute approximate surface area is 93.0 Å². The molecule has 0 unspecified atom stereocenters. The van der Waals surface area contributed by atoms with Gasteiger partial charge >= 0.3 is 5.97 Å². The van der Waals surface area contributed by atoms with E-state index in [1.54, 1.807) is 6.33 Å². The molecule has 1 aromatic carbocycles. The fourth-order valence-corrected chi connectivity index (χ4v) is 1.70. The first kappa shape index (κ1) is 10.4. The van der Waals surface area contributed by atoms with Crippen LogP contribution in [-0.4, -0.2) is 21.0 Å². The van der Waals surface area contributed by atoms with Crippen molar-refractivity contribution >= 4 is 5.97 Å². The lowest BCUT2D eigenvalue weighted by Crippen LogP contribution is -2.02. The number of hydrogen-bond donors (Lipinski definition) is 2. The second kappa shape index (κ2) is 4.18. The molecule has 82 valence electrons. The monoisotopic (exact) mass is 216 g/mol. The first-order valence-corrected chi connectivity index (χ1v) is 4.98. The summed E-state index contributed by atoms with van der Waals surface area (Å²) in [6.07, 6.45) is 1.63. The average molecular weight is 216 g/mol. The number of H-pyrrole nitrogens is 1. The number of carboxylic acids is 1. The number of nitrogens with zero attached hydrogens (tertiary/aromatic N) is 1. The van der Waals surface area contributed by atoms with Gasteiger partial charge in [-0.3, -0.25) is 4.79 Å². The number of aliphatic carboxylic acids is 1. The lowest BCUT2D eigenvalue weighted by atomic mass is 10.0. The van der Waals surface area contributed by atoms with Crippen LogP contribution in [0.4, 0.5) is 0 Å². The van der Waals surface area contributed by atoms with Crippen molar-refractivity contribution in [3.63, 3.8) is 0 Å². The van der Waals surface area contributed by atoms with Crippen LogP contribution < -0.4 is 0 Å². The minimum atomic E-state index is -0.833. The molecule has 2 aromatic rings. The lowest BCUT2D eigenvalue weighted by Gasteiger charge is -2.05. The predicted octanol–water partition coefficient (Wildman–Crippen LogP) is 2.01. The molecule has 0 aliphatic heterocycles. The minimum Gasteiger partial charge on any atom is -0.481 e. The summed E-state index contributed by atoms with van der Waals surface area (Å²) < 4.78 is 0. The molecule has 4 heteroatoms. The van der Waals surface area contributed by atoms with Crippen molar-refractivity contribution in [3.05, 3.63) is 41.9 Å². The molecule has 0 amide bonds. The second-order valence-electron chi connectivity index (χ2n) is 3.60. The van der Waals surface area contributed by atoms with Gasteiger partial charge in [0, 0.05) is 11.3 Å². The smallest absolute Gasteiger partial charge is 0.307 e. The van der Waals surface area contributed by atoms with Crippen molar-refractivity contribution in [2.45, 2.75) is 13.3 Å². The lowest BCUT2D eigenvalue weighted by molar-refractivity contribution is -0.136. The SMILES string of the molecule is Cc1[nH]cnc1-c1ccccc1CC(=O)O. The predicted molar refractivity (Wildman–Crippen MR) is 60.1 cm³/mol. The Hall–Kier alpha value is -2.10. The van der Waals surface area contributed by atoms with Gasteiger partial charge < -0.3 is 10.1 Å². The van der Waals surface area contributed by atoms with Gasteiger partial charge in [-0.05, 0) is 12.5 Å². The van der Waals surface area contributed by atoms with Crippen molar-refractivity contribution in [1.82, 2.24) is 9.97 Å². The number of nitrogens with one attached hydrogen (secondary N) is 1. The van der Waals surface area contributed by atoms with E-state index in [4.69, 9.17) is 5.11 Å². The summed E-state index contributed by atoms with van der Waals surface area (Å²) >= 11 is 0. The summed E-state index contributed by atoms with van der Waals surface area (Å²) in [4.78, 5) is 17.9. The van der Waals surface area contributed by atoms with E-state index in [0.29, 0.717) is 0 Å². The largest absolute Gasteiger partial charge is 0.481 e. The van der Waals surface area contributed by atoms with E-state index in [1.807, 2.05) is 31.2 Å². The van der Waals surface area contributed by atoms with E-state index < -0.39 is 5.97 Å². The summed E-state index contributed by atoms with van der Waals surface area (Å²) in [5.74, 6) is -0.833. The number of aromatic amines is 1. The molecule has 1 aromatic heterocycles. The summed E-state index contributed by atoms with van der Waals surface area (Å²) in [5, 5.41) is 8.83. The van der Waals surface area contributed by atoms with Crippen molar-refractivity contribution in [2.24, 2.45) is 0 Å². The standard InChI is InChI=1S/C12H12N2O2/c1-8-12(14-7-13-8)10-5-3-2-4-9(10)6-11(15)16/h2-5,7H,6H2,1H3,(H,13,14)(H,15,16). The van der Waals surface area contributed by atoms with Crippen LogP contribution in [0.15, 0.2) is 30.6 Å². The summed E-state index contributed by atoms with van der Waals surface area (Å²) in [5.41, 5.74) is 3.42. The van der Waals surface area contributed by atoms with Gasteiger partial charge in [-0.25, -0.2) is 4.98 Å². The van der Waals surface area contributed by atoms with Crippen LogP contribution >= 0.6 is 0 Å². The molecule has 0 atom stereocenters. The van der Waals surface area contributed by atoms with Crippen molar-refractivity contribution in [2.75, 3.05) is 0 Å². The molecule has 1 heterocycles. The molecule has 0 saturated carbocycles. The molecule has 16 heavy (non-hydrogen) atoms. The summed E-state index contributed by atoms with van der Waals surface area (Å²) in [7, 11) is 0. The molecule has 0 bridgehead atoms. The number of rotatable bonds is 3. The Morgan fingerprint density at radius 1 is 1.44 bits per heavy atom. The van der Waals surface area contributed by atoms with E-state index >= 15 is 0 Å². The van der Waals surface area contributed by atoms with E-state index in [1.165, 1.54) is 0 Å². The first-order chi connectivity index (χ1) is 7.68. The van der Waals surface area contributed by atoms with Crippen molar-refractivity contribution in [3.8, 4) is 11.3 Å². The number of imidazole rings is 1. The zero-order valence-electron chi connectivity index (χ0n) is 8.90. The highest BCUT2D eigenvalue weighted by molar-refractivity contribution is 5.76. The van der Waals surface area contributed by atoms with Crippen LogP contribution in [-0.2, 0) is 11.2 Å².